The molecule has 2 aromatic carbocycles. The van der Waals surface area contributed by atoms with Gasteiger partial charge in [0, 0.05) is 38.1 Å². The predicted octanol–water partition coefficient (Wildman–Crippen LogP) is 4.62. The SMILES string of the molecule is CC(=O)N1Cc2cc(-c3ccncc3)ccc2N(C(=O)C(F)(F)F)CC1Cc1ccccc1. The van der Waals surface area contributed by atoms with E-state index in [1.165, 1.54) is 13.0 Å². The van der Waals surface area contributed by atoms with Crippen molar-refractivity contribution < 1.29 is 22.8 Å². The van der Waals surface area contributed by atoms with Crippen LogP contribution in [0, 0.1) is 0 Å². The number of carbonyl (C=O) groups is 2. The van der Waals surface area contributed by atoms with E-state index in [4.69, 9.17) is 0 Å². The van der Waals surface area contributed by atoms with Crippen molar-refractivity contribution in [2.45, 2.75) is 32.1 Å². The van der Waals surface area contributed by atoms with Crippen LogP contribution < -0.4 is 4.90 Å². The van der Waals surface area contributed by atoms with Gasteiger partial charge in [-0.25, -0.2) is 0 Å². The molecule has 33 heavy (non-hydrogen) atoms. The minimum absolute atomic E-state index is 0.0999. The number of hydrogen-bond acceptors (Lipinski definition) is 3. The number of aromatic nitrogens is 1. The Morgan fingerprint density at radius 1 is 1.00 bits per heavy atom. The Bertz CT molecular complexity index is 1150. The Hall–Kier alpha value is -3.68. The number of carbonyl (C=O) groups excluding carboxylic acids is 2. The molecule has 0 aliphatic carbocycles. The lowest BCUT2D eigenvalue weighted by molar-refractivity contribution is -0.170. The zero-order valence-corrected chi connectivity index (χ0v) is 17.9. The Balaban J connectivity index is 1.80. The van der Waals surface area contributed by atoms with Crippen LogP contribution in [0.15, 0.2) is 73.1 Å². The van der Waals surface area contributed by atoms with Crippen molar-refractivity contribution in [3.63, 3.8) is 0 Å². The highest BCUT2D eigenvalue weighted by Gasteiger charge is 2.45. The van der Waals surface area contributed by atoms with Crippen molar-refractivity contribution >= 4 is 17.5 Å². The highest BCUT2D eigenvalue weighted by atomic mass is 19.4. The van der Waals surface area contributed by atoms with Gasteiger partial charge >= 0.3 is 12.1 Å². The van der Waals surface area contributed by atoms with Crippen LogP contribution in [-0.4, -0.2) is 40.5 Å². The molecule has 1 unspecified atom stereocenters. The molecule has 5 nitrogen and oxygen atoms in total. The van der Waals surface area contributed by atoms with Gasteiger partial charge in [0.05, 0.1) is 6.04 Å². The van der Waals surface area contributed by atoms with Gasteiger partial charge in [-0.1, -0.05) is 36.4 Å². The zero-order valence-electron chi connectivity index (χ0n) is 17.9. The van der Waals surface area contributed by atoms with E-state index in [-0.39, 0.29) is 24.7 Å². The molecule has 3 aromatic rings. The summed E-state index contributed by atoms with van der Waals surface area (Å²) in [7, 11) is 0. The zero-order chi connectivity index (χ0) is 23.6. The summed E-state index contributed by atoms with van der Waals surface area (Å²) in [6.45, 7) is 1.24. The minimum Gasteiger partial charge on any atom is -0.333 e. The van der Waals surface area contributed by atoms with Crippen LogP contribution in [-0.2, 0) is 22.6 Å². The largest absolute Gasteiger partial charge is 0.471 e. The molecule has 0 saturated heterocycles. The summed E-state index contributed by atoms with van der Waals surface area (Å²) in [5.74, 6) is -2.21. The summed E-state index contributed by atoms with van der Waals surface area (Å²) in [6, 6.07) is 17.1. The maximum Gasteiger partial charge on any atom is 0.471 e. The molecule has 170 valence electrons. The van der Waals surface area contributed by atoms with Crippen molar-refractivity contribution in [2.75, 3.05) is 11.4 Å². The molecule has 0 fully saturated rings. The van der Waals surface area contributed by atoms with E-state index >= 15 is 0 Å². The number of nitrogens with zero attached hydrogens (tertiary/aromatic N) is 3. The predicted molar refractivity (Wildman–Crippen MR) is 118 cm³/mol. The van der Waals surface area contributed by atoms with Gasteiger partial charge in [-0.3, -0.25) is 14.6 Å². The second-order valence-electron chi connectivity index (χ2n) is 7.98. The molecule has 1 aliphatic rings. The van der Waals surface area contributed by atoms with Gasteiger partial charge in [-0.05, 0) is 52.9 Å². The molecule has 0 radical (unpaired) electrons. The van der Waals surface area contributed by atoms with Crippen molar-refractivity contribution in [2.24, 2.45) is 0 Å². The lowest BCUT2D eigenvalue weighted by Gasteiger charge is -2.31. The summed E-state index contributed by atoms with van der Waals surface area (Å²) >= 11 is 0. The molecular formula is C25H22F3N3O2. The first-order valence-corrected chi connectivity index (χ1v) is 10.5. The van der Waals surface area contributed by atoms with Gasteiger partial charge in [0.1, 0.15) is 0 Å². The highest BCUT2D eigenvalue weighted by Crippen LogP contribution is 2.35. The van der Waals surface area contributed by atoms with E-state index in [1.54, 1.807) is 41.6 Å². The van der Waals surface area contributed by atoms with Gasteiger partial charge in [0.25, 0.3) is 0 Å². The smallest absolute Gasteiger partial charge is 0.333 e. The summed E-state index contributed by atoms with van der Waals surface area (Å²) in [5.41, 5.74) is 3.11. The van der Waals surface area contributed by atoms with Gasteiger partial charge in [0.15, 0.2) is 0 Å². The standard InChI is InChI=1S/C25H22F3N3O2/c1-17(32)30-15-21-14-20(19-9-11-29-12-10-19)7-8-23(21)31(24(33)25(26,27)28)16-22(30)13-18-5-3-2-4-6-18/h2-12,14,22H,13,15-16H2,1H3. The first-order valence-electron chi connectivity index (χ1n) is 10.5. The van der Waals surface area contributed by atoms with Crippen LogP contribution in [0.1, 0.15) is 18.1 Å². The number of benzene rings is 2. The number of rotatable bonds is 3. The van der Waals surface area contributed by atoms with Crippen LogP contribution in [0.4, 0.5) is 18.9 Å². The molecule has 0 bridgehead atoms. The van der Waals surface area contributed by atoms with Gasteiger partial charge in [-0.15, -0.1) is 0 Å². The number of alkyl halides is 3. The molecule has 0 saturated carbocycles. The maximum atomic E-state index is 13.5. The van der Waals surface area contributed by atoms with Gasteiger partial charge in [-0.2, -0.15) is 13.2 Å². The molecular weight excluding hydrogens is 431 g/mol. The van der Waals surface area contributed by atoms with Gasteiger partial charge < -0.3 is 9.80 Å². The first kappa shape index (κ1) is 22.5. The number of pyridine rings is 1. The van der Waals surface area contributed by atoms with Crippen LogP contribution in [0.25, 0.3) is 11.1 Å². The Kier molecular flexibility index (Phi) is 6.18. The average Bonchev–Trinajstić information content (AvgIpc) is 2.96. The second kappa shape index (κ2) is 9.05. The van der Waals surface area contributed by atoms with E-state index < -0.39 is 18.1 Å². The lowest BCUT2D eigenvalue weighted by atomic mass is 10.0. The molecule has 1 aliphatic heterocycles. The van der Waals surface area contributed by atoms with Crippen LogP contribution >= 0.6 is 0 Å². The second-order valence-corrected chi connectivity index (χ2v) is 7.98. The highest BCUT2D eigenvalue weighted by molar-refractivity contribution is 5.98. The number of halogens is 3. The summed E-state index contributed by atoms with van der Waals surface area (Å²) < 4.78 is 40.6. The van der Waals surface area contributed by atoms with Crippen LogP contribution in [0.5, 0.6) is 0 Å². The molecule has 4 rings (SSSR count). The molecule has 2 amide bonds. The fourth-order valence-electron chi connectivity index (χ4n) is 4.19. The number of anilines is 1. The third-order valence-electron chi connectivity index (χ3n) is 5.77. The Morgan fingerprint density at radius 2 is 1.70 bits per heavy atom. The van der Waals surface area contributed by atoms with Gasteiger partial charge in [0.2, 0.25) is 5.91 Å². The van der Waals surface area contributed by atoms with Crippen molar-refractivity contribution in [3.8, 4) is 11.1 Å². The van der Waals surface area contributed by atoms with E-state index in [1.807, 2.05) is 30.3 Å². The van der Waals surface area contributed by atoms with Crippen molar-refractivity contribution in [3.05, 3.63) is 84.2 Å². The Morgan fingerprint density at radius 3 is 2.33 bits per heavy atom. The molecule has 0 N–H and O–H groups in total. The Labute approximate surface area is 189 Å². The number of hydrogen-bond donors (Lipinski definition) is 0. The quantitative estimate of drug-likeness (QED) is 0.582. The van der Waals surface area contributed by atoms with E-state index in [0.29, 0.717) is 12.0 Å². The van der Waals surface area contributed by atoms with Crippen LogP contribution in [0.3, 0.4) is 0 Å². The molecule has 1 aromatic heterocycles. The van der Waals surface area contributed by atoms with Crippen molar-refractivity contribution in [1.82, 2.24) is 9.88 Å². The molecule has 1 atom stereocenters. The third-order valence-corrected chi connectivity index (χ3v) is 5.77. The first-order chi connectivity index (χ1) is 15.7. The van der Waals surface area contributed by atoms with Crippen LogP contribution in [0.2, 0.25) is 0 Å². The molecule has 8 heteroatoms. The van der Waals surface area contributed by atoms with E-state index in [0.717, 1.165) is 21.6 Å². The molecule has 2 heterocycles. The van der Waals surface area contributed by atoms with Crippen molar-refractivity contribution in [1.29, 1.82) is 0 Å². The monoisotopic (exact) mass is 453 g/mol. The fraction of sp³-hybridized carbons (Fsp3) is 0.240. The summed E-state index contributed by atoms with van der Waals surface area (Å²) in [6.07, 6.45) is -1.46. The normalized spacial score (nSPS) is 16.2. The maximum absolute atomic E-state index is 13.5. The van der Waals surface area contributed by atoms with E-state index in [9.17, 15) is 22.8 Å². The average molecular weight is 453 g/mol. The fourth-order valence-corrected chi connectivity index (χ4v) is 4.19. The number of fused-ring (bicyclic) bond motifs is 1. The number of amides is 2. The topological polar surface area (TPSA) is 53.5 Å². The molecule has 0 spiro atoms. The lowest BCUT2D eigenvalue weighted by Crippen LogP contribution is -2.49. The summed E-state index contributed by atoms with van der Waals surface area (Å²) in [4.78, 5) is 31.3. The third kappa shape index (κ3) is 4.89. The minimum atomic E-state index is -5.04. The summed E-state index contributed by atoms with van der Waals surface area (Å²) in [5, 5.41) is 0. The van der Waals surface area contributed by atoms with E-state index in [2.05, 4.69) is 4.98 Å².